The Hall–Kier alpha value is -3.19. The van der Waals surface area contributed by atoms with E-state index in [9.17, 15) is 4.79 Å². The molecule has 0 N–H and O–H groups in total. The van der Waals surface area contributed by atoms with Gasteiger partial charge < -0.3 is 14.4 Å². The minimum absolute atomic E-state index is 0.0641. The summed E-state index contributed by atoms with van der Waals surface area (Å²) in [4.78, 5) is 19.3. The Morgan fingerprint density at radius 2 is 2.00 bits per heavy atom. The highest BCUT2D eigenvalue weighted by molar-refractivity contribution is 5.97. The highest BCUT2D eigenvalue weighted by atomic mass is 16.5. The van der Waals surface area contributed by atoms with Gasteiger partial charge in [0.2, 0.25) is 0 Å². The Morgan fingerprint density at radius 3 is 2.76 bits per heavy atom. The normalized spacial score (nSPS) is 15.9. The fourth-order valence-electron chi connectivity index (χ4n) is 3.46. The average molecular weight is 392 g/mol. The topological polar surface area (TPSA) is 69.5 Å². The molecule has 7 heteroatoms. The molecule has 0 spiro atoms. The van der Waals surface area contributed by atoms with Gasteiger partial charge in [0.05, 0.1) is 23.9 Å². The van der Waals surface area contributed by atoms with E-state index >= 15 is 0 Å². The molecule has 7 nitrogen and oxygen atoms in total. The number of rotatable bonds is 8. The van der Waals surface area contributed by atoms with Gasteiger partial charge >= 0.3 is 0 Å². The van der Waals surface area contributed by atoms with Crippen molar-refractivity contribution in [3.05, 3.63) is 72.8 Å². The molecule has 29 heavy (non-hydrogen) atoms. The maximum atomic E-state index is 13.4. The summed E-state index contributed by atoms with van der Waals surface area (Å²) in [5.41, 5.74) is 1.28. The number of hydrogen-bond acceptors (Lipinski definition) is 5. The lowest BCUT2D eigenvalue weighted by atomic mass is 10.1. The Labute approximate surface area is 169 Å². The summed E-state index contributed by atoms with van der Waals surface area (Å²) in [6.45, 7) is 2.18. The molecule has 1 aromatic heterocycles. The number of hydrogen-bond donors (Lipinski definition) is 0. The molecule has 1 unspecified atom stereocenters. The predicted octanol–water partition coefficient (Wildman–Crippen LogP) is 2.97. The number of carbonyl (C=O) groups is 1. The van der Waals surface area contributed by atoms with E-state index in [0.717, 1.165) is 25.2 Å². The molecule has 0 aliphatic carbocycles. The largest absolute Gasteiger partial charge is 0.492 e. The zero-order valence-electron chi connectivity index (χ0n) is 16.2. The molecule has 1 aliphatic heterocycles. The summed E-state index contributed by atoms with van der Waals surface area (Å²) >= 11 is 0. The molecule has 1 fully saturated rings. The molecule has 1 saturated heterocycles. The van der Waals surface area contributed by atoms with Crippen LogP contribution < -0.4 is 4.74 Å². The van der Waals surface area contributed by atoms with Crippen LogP contribution in [-0.2, 0) is 4.74 Å². The lowest BCUT2D eigenvalue weighted by Gasteiger charge is -2.26. The number of ether oxygens (including phenoxy) is 2. The summed E-state index contributed by atoms with van der Waals surface area (Å²) < 4.78 is 13.2. The highest BCUT2D eigenvalue weighted by Gasteiger charge is 2.25. The van der Waals surface area contributed by atoms with Crippen LogP contribution in [-0.4, -0.2) is 58.0 Å². The SMILES string of the molecule is O=C(c1ccccc1-n1cncn1)N(CCOc1ccccc1)CC1CCCO1. The summed E-state index contributed by atoms with van der Waals surface area (Å²) in [6, 6.07) is 17.1. The number of benzene rings is 2. The molecule has 1 aliphatic rings. The van der Waals surface area contributed by atoms with E-state index in [4.69, 9.17) is 9.47 Å². The van der Waals surface area contributed by atoms with Gasteiger partial charge in [0, 0.05) is 13.2 Å². The maximum absolute atomic E-state index is 13.4. The van der Waals surface area contributed by atoms with Gasteiger partial charge in [-0.05, 0) is 37.1 Å². The molecule has 1 amide bonds. The average Bonchev–Trinajstić information content (AvgIpc) is 3.48. The third-order valence-corrected chi connectivity index (χ3v) is 4.91. The first-order chi connectivity index (χ1) is 14.3. The molecule has 0 saturated carbocycles. The maximum Gasteiger partial charge on any atom is 0.256 e. The molecule has 0 radical (unpaired) electrons. The third kappa shape index (κ3) is 4.81. The van der Waals surface area contributed by atoms with Crippen LogP contribution in [0.15, 0.2) is 67.3 Å². The second-order valence-electron chi connectivity index (χ2n) is 6.90. The van der Waals surface area contributed by atoms with Crippen molar-refractivity contribution in [3.8, 4) is 11.4 Å². The van der Waals surface area contributed by atoms with Crippen molar-refractivity contribution < 1.29 is 14.3 Å². The van der Waals surface area contributed by atoms with E-state index in [2.05, 4.69) is 10.1 Å². The molecule has 2 heterocycles. The summed E-state index contributed by atoms with van der Waals surface area (Å²) in [5, 5.41) is 4.18. The molecule has 0 bridgehead atoms. The van der Waals surface area contributed by atoms with E-state index in [1.807, 2.05) is 59.5 Å². The van der Waals surface area contributed by atoms with Crippen molar-refractivity contribution in [2.45, 2.75) is 18.9 Å². The predicted molar refractivity (Wildman–Crippen MR) is 108 cm³/mol. The van der Waals surface area contributed by atoms with Crippen LogP contribution in [0.1, 0.15) is 23.2 Å². The summed E-state index contributed by atoms with van der Waals surface area (Å²) in [6.07, 6.45) is 5.11. The van der Waals surface area contributed by atoms with Gasteiger partial charge in [-0.3, -0.25) is 4.79 Å². The number of aromatic nitrogens is 3. The van der Waals surface area contributed by atoms with E-state index in [0.29, 0.717) is 30.9 Å². The second kappa shape index (κ2) is 9.34. The number of para-hydroxylation sites is 2. The molecule has 150 valence electrons. The van der Waals surface area contributed by atoms with E-state index in [1.54, 1.807) is 11.0 Å². The standard InChI is InChI=1S/C22H24N4O3/c27-22(20-10-4-5-11-21(20)26-17-23-16-24-26)25(15-19-9-6-13-28-19)12-14-29-18-7-2-1-3-8-18/h1-5,7-8,10-11,16-17,19H,6,9,12-15H2. The van der Waals surface area contributed by atoms with Gasteiger partial charge in [0.25, 0.3) is 5.91 Å². The Bertz CT molecular complexity index is 909. The fourth-order valence-corrected chi connectivity index (χ4v) is 3.46. The van der Waals surface area contributed by atoms with Crippen LogP contribution in [0.5, 0.6) is 5.75 Å². The zero-order valence-corrected chi connectivity index (χ0v) is 16.2. The molecule has 3 aromatic rings. The Kier molecular flexibility index (Phi) is 6.16. The van der Waals surface area contributed by atoms with Gasteiger partial charge in [0.1, 0.15) is 25.0 Å². The van der Waals surface area contributed by atoms with Gasteiger partial charge in [-0.1, -0.05) is 30.3 Å². The fraction of sp³-hybridized carbons (Fsp3) is 0.318. The lowest BCUT2D eigenvalue weighted by Crippen LogP contribution is -2.40. The summed E-state index contributed by atoms with van der Waals surface area (Å²) in [5.74, 6) is 0.725. The first kappa shape index (κ1) is 19.1. The summed E-state index contributed by atoms with van der Waals surface area (Å²) in [7, 11) is 0. The first-order valence-electron chi connectivity index (χ1n) is 9.84. The lowest BCUT2D eigenvalue weighted by molar-refractivity contribution is 0.0493. The van der Waals surface area contributed by atoms with Crippen molar-refractivity contribution in [1.82, 2.24) is 19.7 Å². The number of carbonyl (C=O) groups excluding carboxylic acids is 1. The van der Waals surface area contributed by atoms with E-state index < -0.39 is 0 Å². The monoisotopic (exact) mass is 392 g/mol. The number of amides is 1. The minimum atomic E-state index is -0.0664. The van der Waals surface area contributed by atoms with Crippen LogP contribution in [0.4, 0.5) is 0 Å². The van der Waals surface area contributed by atoms with Crippen molar-refractivity contribution >= 4 is 5.91 Å². The van der Waals surface area contributed by atoms with E-state index in [-0.39, 0.29) is 12.0 Å². The molecule has 1 atom stereocenters. The van der Waals surface area contributed by atoms with Gasteiger partial charge in [0.15, 0.2) is 0 Å². The number of nitrogens with zero attached hydrogens (tertiary/aromatic N) is 4. The molecular weight excluding hydrogens is 368 g/mol. The molecule has 2 aromatic carbocycles. The molecule has 4 rings (SSSR count). The second-order valence-corrected chi connectivity index (χ2v) is 6.90. The van der Waals surface area contributed by atoms with Crippen LogP contribution in [0.25, 0.3) is 5.69 Å². The van der Waals surface area contributed by atoms with Crippen molar-refractivity contribution in [1.29, 1.82) is 0 Å². The van der Waals surface area contributed by atoms with Gasteiger partial charge in [-0.15, -0.1) is 0 Å². The van der Waals surface area contributed by atoms with Crippen LogP contribution in [0.2, 0.25) is 0 Å². The zero-order chi connectivity index (χ0) is 19.9. The third-order valence-electron chi connectivity index (χ3n) is 4.91. The van der Waals surface area contributed by atoms with Gasteiger partial charge in [-0.2, -0.15) is 5.10 Å². The smallest absolute Gasteiger partial charge is 0.256 e. The Morgan fingerprint density at radius 1 is 1.17 bits per heavy atom. The minimum Gasteiger partial charge on any atom is -0.492 e. The Balaban J connectivity index is 1.51. The van der Waals surface area contributed by atoms with Crippen LogP contribution in [0.3, 0.4) is 0 Å². The highest BCUT2D eigenvalue weighted by Crippen LogP contribution is 2.19. The van der Waals surface area contributed by atoms with Crippen molar-refractivity contribution in [3.63, 3.8) is 0 Å². The quantitative estimate of drug-likeness (QED) is 0.590. The van der Waals surface area contributed by atoms with E-state index in [1.165, 1.54) is 6.33 Å². The first-order valence-corrected chi connectivity index (χ1v) is 9.84. The van der Waals surface area contributed by atoms with Gasteiger partial charge in [-0.25, -0.2) is 9.67 Å². The van der Waals surface area contributed by atoms with Crippen LogP contribution in [0, 0.1) is 0 Å². The van der Waals surface area contributed by atoms with Crippen LogP contribution >= 0.6 is 0 Å². The molecular formula is C22H24N4O3. The van der Waals surface area contributed by atoms with Crippen molar-refractivity contribution in [2.24, 2.45) is 0 Å². The van der Waals surface area contributed by atoms with Crippen molar-refractivity contribution in [2.75, 3.05) is 26.3 Å².